The van der Waals surface area contributed by atoms with Crippen LogP contribution >= 0.6 is 0 Å². The predicted molar refractivity (Wildman–Crippen MR) is 46.4 cm³/mol. The van der Waals surface area contributed by atoms with Gasteiger partial charge in [0.15, 0.2) is 5.82 Å². The molecule has 0 saturated carbocycles. The minimum absolute atomic E-state index is 0.176. The molecule has 1 rings (SSSR count). The number of hydrogen-bond acceptors (Lipinski definition) is 5. The van der Waals surface area contributed by atoms with Crippen LogP contribution in [0.15, 0.2) is 0 Å². The van der Waals surface area contributed by atoms with Crippen molar-refractivity contribution in [2.75, 3.05) is 11.6 Å². The van der Waals surface area contributed by atoms with E-state index in [-0.39, 0.29) is 12.0 Å². The van der Waals surface area contributed by atoms with E-state index in [1.807, 2.05) is 6.92 Å². The van der Waals surface area contributed by atoms with E-state index in [2.05, 4.69) is 10.2 Å². The second-order valence-corrected chi connectivity index (χ2v) is 2.68. The van der Waals surface area contributed by atoms with Crippen LogP contribution in [-0.2, 0) is 0 Å². The number of anilines is 1. The van der Waals surface area contributed by atoms with Gasteiger partial charge in [0.1, 0.15) is 0 Å². The summed E-state index contributed by atoms with van der Waals surface area (Å²) in [5, 5.41) is 7.38. The zero-order valence-electron chi connectivity index (χ0n) is 7.07. The average Bonchev–Trinajstić information content (AvgIpc) is 2.34. The zero-order chi connectivity index (χ0) is 9.14. The molecule has 0 fully saturated rings. The lowest BCUT2D eigenvalue weighted by Crippen LogP contribution is -2.22. The highest BCUT2D eigenvalue weighted by molar-refractivity contribution is 5.18. The second kappa shape index (κ2) is 3.40. The van der Waals surface area contributed by atoms with Gasteiger partial charge in [0, 0.05) is 0 Å². The van der Waals surface area contributed by atoms with Gasteiger partial charge in [-0.1, -0.05) is 13.3 Å². The molecule has 6 N–H and O–H groups in total. The number of hydrogen-bond donors (Lipinski definition) is 3. The molecule has 0 spiro atoms. The highest BCUT2D eigenvalue weighted by atomic mass is 15.4. The SMILES string of the molecule is CCCC(N)c1nnc(N)n1N. The number of aromatic nitrogens is 3. The minimum Gasteiger partial charge on any atom is -0.366 e. The Morgan fingerprint density at radius 3 is 2.58 bits per heavy atom. The molecular formula is C6H14N6. The molecule has 6 nitrogen and oxygen atoms in total. The molecule has 0 aliphatic rings. The summed E-state index contributed by atoms with van der Waals surface area (Å²) in [7, 11) is 0. The first-order valence-corrected chi connectivity index (χ1v) is 3.88. The monoisotopic (exact) mass is 170 g/mol. The van der Waals surface area contributed by atoms with Gasteiger partial charge >= 0.3 is 0 Å². The van der Waals surface area contributed by atoms with Gasteiger partial charge in [-0.15, -0.1) is 10.2 Å². The van der Waals surface area contributed by atoms with Crippen molar-refractivity contribution in [2.24, 2.45) is 5.73 Å². The fraction of sp³-hybridized carbons (Fsp3) is 0.667. The van der Waals surface area contributed by atoms with Gasteiger partial charge in [-0.25, -0.2) is 4.68 Å². The quantitative estimate of drug-likeness (QED) is 0.523. The van der Waals surface area contributed by atoms with E-state index in [1.165, 1.54) is 4.68 Å². The molecule has 1 atom stereocenters. The average molecular weight is 170 g/mol. The van der Waals surface area contributed by atoms with Crippen LogP contribution in [0.3, 0.4) is 0 Å². The first-order chi connectivity index (χ1) is 5.66. The third-order valence-corrected chi connectivity index (χ3v) is 1.68. The number of rotatable bonds is 3. The molecule has 0 radical (unpaired) electrons. The smallest absolute Gasteiger partial charge is 0.240 e. The van der Waals surface area contributed by atoms with Crippen LogP contribution in [0.4, 0.5) is 5.95 Å². The van der Waals surface area contributed by atoms with E-state index in [0.717, 1.165) is 12.8 Å². The highest BCUT2D eigenvalue weighted by Crippen LogP contribution is 2.12. The summed E-state index contributed by atoms with van der Waals surface area (Å²) in [6, 6.07) is -0.176. The van der Waals surface area contributed by atoms with Gasteiger partial charge in [0.05, 0.1) is 6.04 Å². The van der Waals surface area contributed by atoms with Crippen molar-refractivity contribution in [3.63, 3.8) is 0 Å². The first kappa shape index (κ1) is 8.79. The van der Waals surface area contributed by atoms with Crippen molar-refractivity contribution in [1.82, 2.24) is 14.9 Å². The Kier molecular flexibility index (Phi) is 2.49. The van der Waals surface area contributed by atoms with Crippen LogP contribution in [0.2, 0.25) is 0 Å². The van der Waals surface area contributed by atoms with Crippen molar-refractivity contribution in [1.29, 1.82) is 0 Å². The summed E-state index contributed by atoms with van der Waals surface area (Å²) in [5.41, 5.74) is 11.1. The molecule has 0 saturated heterocycles. The van der Waals surface area contributed by atoms with Gasteiger partial charge in [-0.05, 0) is 6.42 Å². The molecule has 1 aromatic heterocycles. The van der Waals surface area contributed by atoms with E-state index >= 15 is 0 Å². The molecule has 0 aromatic carbocycles. The van der Waals surface area contributed by atoms with Crippen molar-refractivity contribution in [2.45, 2.75) is 25.8 Å². The fourth-order valence-corrected chi connectivity index (χ4v) is 1.01. The standard InChI is InChI=1S/C6H14N6/c1-2-3-4(7)5-10-11-6(8)12(5)9/h4H,2-3,7,9H2,1H3,(H2,8,11). The van der Waals surface area contributed by atoms with Crippen molar-refractivity contribution in [3.05, 3.63) is 5.82 Å². The maximum Gasteiger partial charge on any atom is 0.240 e. The molecule has 0 bridgehead atoms. The van der Waals surface area contributed by atoms with Crippen LogP contribution in [0.1, 0.15) is 31.6 Å². The summed E-state index contributed by atoms with van der Waals surface area (Å²) < 4.78 is 1.22. The van der Waals surface area contributed by atoms with Gasteiger partial charge in [-0.3, -0.25) is 0 Å². The van der Waals surface area contributed by atoms with Gasteiger partial charge < -0.3 is 17.3 Å². The molecule has 1 unspecified atom stereocenters. The van der Waals surface area contributed by atoms with E-state index < -0.39 is 0 Å². The zero-order valence-corrected chi connectivity index (χ0v) is 7.07. The summed E-state index contributed by atoms with van der Waals surface area (Å²) in [5.74, 6) is 6.25. The maximum atomic E-state index is 5.76. The third kappa shape index (κ3) is 1.48. The predicted octanol–water partition coefficient (Wildman–Crippen LogP) is -0.626. The first-order valence-electron chi connectivity index (χ1n) is 3.88. The lowest BCUT2D eigenvalue weighted by atomic mass is 10.2. The summed E-state index contributed by atoms with van der Waals surface area (Å²) in [6.45, 7) is 2.04. The van der Waals surface area contributed by atoms with Crippen LogP contribution in [0.25, 0.3) is 0 Å². The summed E-state index contributed by atoms with van der Waals surface area (Å²) in [6.07, 6.45) is 1.81. The topological polar surface area (TPSA) is 109 Å². The van der Waals surface area contributed by atoms with Gasteiger partial charge in [0.2, 0.25) is 5.95 Å². The van der Waals surface area contributed by atoms with Crippen LogP contribution in [0.5, 0.6) is 0 Å². The Morgan fingerprint density at radius 1 is 1.50 bits per heavy atom. The molecule has 0 aliphatic heterocycles. The molecule has 0 amide bonds. The molecule has 0 aliphatic carbocycles. The summed E-state index contributed by atoms with van der Waals surface area (Å²) >= 11 is 0. The number of nitrogens with two attached hydrogens (primary N) is 3. The van der Waals surface area contributed by atoms with E-state index in [0.29, 0.717) is 5.82 Å². The molecule has 1 heterocycles. The van der Waals surface area contributed by atoms with Crippen molar-refractivity contribution < 1.29 is 0 Å². The Bertz CT molecular complexity index is 255. The summed E-state index contributed by atoms with van der Waals surface area (Å²) in [4.78, 5) is 0. The Balaban J connectivity index is 2.80. The van der Waals surface area contributed by atoms with Crippen LogP contribution in [-0.4, -0.2) is 14.9 Å². The molecule has 68 valence electrons. The van der Waals surface area contributed by atoms with Gasteiger partial charge in [0.25, 0.3) is 0 Å². The second-order valence-electron chi connectivity index (χ2n) is 2.68. The molecule has 1 aromatic rings. The largest absolute Gasteiger partial charge is 0.366 e. The Hall–Kier alpha value is -1.30. The van der Waals surface area contributed by atoms with E-state index in [4.69, 9.17) is 17.3 Å². The molecule has 6 heteroatoms. The molecule has 12 heavy (non-hydrogen) atoms. The normalized spacial score (nSPS) is 13.2. The number of nitrogens with zero attached hydrogens (tertiary/aromatic N) is 3. The Labute approximate surface area is 70.7 Å². The minimum atomic E-state index is -0.176. The highest BCUT2D eigenvalue weighted by Gasteiger charge is 2.13. The molecular weight excluding hydrogens is 156 g/mol. The van der Waals surface area contributed by atoms with Gasteiger partial charge in [-0.2, -0.15) is 0 Å². The van der Waals surface area contributed by atoms with E-state index in [9.17, 15) is 0 Å². The Morgan fingerprint density at radius 2 is 2.17 bits per heavy atom. The van der Waals surface area contributed by atoms with Crippen LogP contribution in [0, 0.1) is 0 Å². The third-order valence-electron chi connectivity index (χ3n) is 1.68. The maximum absolute atomic E-state index is 5.76. The fourth-order valence-electron chi connectivity index (χ4n) is 1.01. The van der Waals surface area contributed by atoms with Crippen molar-refractivity contribution in [3.8, 4) is 0 Å². The lowest BCUT2D eigenvalue weighted by Gasteiger charge is -2.08. The van der Waals surface area contributed by atoms with Crippen molar-refractivity contribution >= 4 is 5.95 Å². The van der Waals surface area contributed by atoms with E-state index in [1.54, 1.807) is 0 Å². The number of nitrogen functional groups attached to an aromatic ring is 2. The van der Waals surface area contributed by atoms with Crippen LogP contribution < -0.4 is 17.3 Å². The lowest BCUT2D eigenvalue weighted by molar-refractivity contribution is 0.586.